The first-order valence-electron chi connectivity index (χ1n) is 4.65. The minimum absolute atomic E-state index is 0.536. The molecule has 0 unspecified atom stereocenters. The maximum Gasteiger partial charge on any atom is 0.180 e. The highest BCUT2D eigenvalue weighted by Gasteiger charge is 2.18. The van der Waals surface area contributed by atoms with Gasteiger partial charge in [-0.25, -0.2) is 0 Å². The first-order valence-corrected chi connectivity index (χ1v) is 5.03. The Kier molecular flexibility index (Phi) is 3.30. The fraction of sp³-hybridized carbons (Fsp3) is 0.400. The summed E-state index contributed by atoms with van der Waals surface area (Å²) in [6.45, 7) is 1.64. The summed E-state index contributed by atoms with van der Waals surface area (Å²) in [7, 11) is 1.57. The van der Waals surface area contributed by atoms with E-state index in [2.05, 4.69) is 5.48 Å². The molecule has 15 heavy (non-hydrogen) atoms. The van der Waals surface area contributed by atoms with Gasteiger partial charge in [0.25, 0.3) is 0 Å². The lowest BCUT2D eigenvalue weighted by molar-refractivity contribution is 0.0849. The predicted molar refractivity (Wildman–Crippen MR) is 56.3 cm³/mol. The molecular weight excluding hydrogens is 218 g/mol. The number of hydrogen-bond donors (Lipinski definition) is 1. The first-order chi connectivity index (χ1) is 7.33. The zero-order valence-electron chi connectivity index (χ0n) is 8.38. The Morgan fingerprint density at radius 3 is 2.80 bits per heavy atom. The molecule has 0 atom stereocenters. The lowest BCUT2D eigenvalue weighted by Crippen LogP contribution is -2.19. The summed E-state index contributed by atoms with van der Waals surface area (Å²) < 4.78 is 11.0. The molecule has 1 aliphatic heterocycles. The van der Waals surface area contributed by atoms with Crippen LogP contribution in [0.3, 0.4) is 0 Å². The van der Waals surface area contributed by atoms with Gasteiger partial charge in [-0.3, -0.25) is 0 Å². The smallest absolute Gasteiger partial charge is 0.180 e. The van der Waals surface area contributed by atoms with E-state index in [1.165, 1.54) is 0 Å². The van der Waals surface area contributed by atoms with Crippen LogP contribution >= 0.6 is 11.6 Å². The van der Waals surface area contributed by atoms with Crippen molar-refractivity contribution in [2.24, 2.45) is 0 Å². The number of hydrogen-bond acceptors (Lipinski definition) is 4. The fourth-order valence-corrected chi connectivity index (χ4v) is 1.65. The standard InChI is InChI=1S/C10H12ClNO3/c1-13-12-6-7-2-3-8(11)10-9(7)14-4-5-15-10/h2-3,12H,4-6H2,1H3. The van der Waals surface area contributed by atoms with E-state index in [4.69, 9.17) is 25.9 Å². The minimum atomic E-state index is 0.536. The van der Waals surface area contributed by atoms with Crippen molar-refractivity contribution in [3.63, 3.8) is 0 Å². The lowest BCUT2D eigenvalue weighted by atomic mass is 10.2. The highest BCUT2D eigenvalue weighted by molar-refractivity contribution is 6.32. The normalized spacial score (nSPS) is 14.0. The van der Waals surface area contributed by atoms with Crippen molar-refractivity contribution in [1.82, 2.24) is 5.48 Å². The predicted octanol–water partition coefficient (Wildman–Crippen LogP) is 1.76. The monoisotopic (exact) mass is 229 g/mol. The van der Waals surface area contributed by atoms with Gasteiger partial charge in [0.2, 0.25) is 0 Å². The molecule has 0 saturated carbocycles. The van der Waals surface area contributed by atoms with Crippen molar-refractivity contribution in [1.29, 1.82) is 0 Å². The van der Waals surface area contributed by atoms with Gasteiger partial charge in [0, 0.05) is 12.1 Å². The molecule has 0 fully saturated rings. The van der Waals surface area contributed by atoms with Crippen LogP contribution in [0.5, 0.6) is 11.5 Å². The number of ether oxygens (including phenoxy) is 2. The quantitative estimate of drug-likeness (QED) is 0.802. The number of nitrogens with one attached hydrogen (secondary N) is 1. The van der Waals surface area contributed by atoms with Crippen LogP contribution in [0, 0.1) is 0 Å². The van der Waals surface area contributed by atoms with Gasteiger partial charge in [-0.05, 0) is 6.07 Å². The summed E-state index contributed by atoms with van der Waals surface area (Å²) in [5, 5.41) is 0.575. The molecule has 0 radical (unpaired) electrons. The van der Waals surface area contributed by atoms with Crippen LogP contribution in [0.2, 0.25) is 5.02 Å². The van der Waals surface area contributed by atoms with Crippen molar-refractivity contribution < 1.29 is 14.3 Å². The number of halogens is 1. The van der Waals surface area contributed by atoms with Crippen molar-refractivity contribution in [2.75, 3.05) is 20.3 Å². The largest absolute Gasteiger partial charge is 0.486 e. The molecule has 2 rings (SSSR count). The third kappa shape index (κ3) is 2.17. The molecule has 1 heterocycles. The van der Waals surface area contributed by atoms with Gasteiger partial charge in [-0.15, -0.1) is 0 Å². The van der Waals surface area contributed by atoms with Crippen LogP contribution in [0.1, 0.15) is 5.56 Å². The molecule has 1 aromatic rings. The molecular formula is C10H12ClNO3. The van der Waals surface area contributed by atoms with E-state index in [1.807, 2.05) is 6.07 Å². The Bertz CT molecular complexity index is 357. The highest BCUT2D eigenvalue weighted by atomic mass is 35.5. The van der Waals surface area contributed by atoms with Gasteiger partial charge >= 0.3 is 0 Å². The summed E-state index contributed by atoms with van der Waals surface area (Å²) in [5.74, 6) is 1.33. The van der Waals surface area contributed by atoms with Crippen molar-refractivity contribution in [2.45, 2.75) is 6.54 Å². The van der Waals surface area contributed by atoms with E-state index < -0.39 is 0 Å². The first kappa shape index (κ1) is 10.5. The Hall–Kier alpha value is -0.970. The van der Waals surface area contributed by atoms with E-state index in [-0.39, 0.29) is 0 Å². The van der Waals surface area contributed by atoms with Crippen LogP contribution in [0.4, 0.5) is 0 Å². The number of rotatable bonds is 3. The average Bonchev–Trinajstić information content (AvgIpc) is 2.29. The summed E-state index contributed by atoms with van der Waals surface area (Å²) in [5.41, 5.74) is 3.72. The molecule has 1 aromatic carbocycles. The zero-order chi connectivity index (χ0) is 10.7. The van der Waals surface area contributed by atoms with Crippen LogP contribution in [-0.2, 0) is 11.4 Å². The molecule has 0 amide bonds. The van der Waals surface area contributed by atoms with Gasteiger partial charge in [-0.2, -0.15) is 5.48 Å². The lowest BCUT2D eigenvalue weighted by Gasteiger charge is -2.22. The summed E-state index contributed by atoms with van der Waals surface area (Å²) in [6, 6.07) is 3.68. The summed E-state index contributed by atoms with van der Waals surface area (Å²) in [4.78, 5) is 4.79. The Morgan fingerprint density at radius 1 is 1.33 bits per heavy atom. The third-order valence-electron chi connectivity index (χ3n) is 2.13. The third-order valence-corrected chi connectivity index (χ3v) is 2.43. The van der Waals surface area contributed by atoms with E-state index in [9.17, 15) is 0 Å². The number of hydroxylamine groups is 1. The maximum absolute atomic E-state index is 5.99. The zero-order valence-corrected chi connectivity index (χ0v) is 9.13. The second kappa shape index (κ2) is 4.70. The number of fused-ring (bicyclic) bond motifs is 1. The van der Waals surface area contributed by atoms with Crippen molar-refractivity contribution >= 4 is 11.6 Å². The Labute approximate surface area is 93.0 Å². The molecule has 1 N–H and O–H groups in total. The molecule has 1 aliphatic rings. The number of benzene rings is 1. The highest BCUT2D eigenvalue weighted by Crippen LogP contribution is 2.39. The molecule has 82 valence electrons. The Morgan fingerprint density at radius 2 is 2.07 bits per heavy atom. The minimum Gasteiger partial charge on any atom is -0.486 e. The second-order valence-corrected chi connectivity index (χ2v) is 3.49. The van der Waals surface area contributed by atoms with Crippen LogP contribution in [0.25, 0.3) is 0 Å². The Balaban J connectivity index is 2.30. The average molecular weight is 230 g/mol. The molecule has 0 bridgehead atoms. The van der Waals surface area contributed by atoms with Crippen molar-refractivity contribution in [3.05, 3.63) is 22.7 Å². The molecule has 0 saturated heterocycles. The van der Waals surface area contributed by atoms with Crippen LogP contribution in [-0.4, -0.2) is 20.3 Å². The molecule has 0 aliphatic carbocycles. The van der Waals surface area contributed by atoms with Crippen LogP contribution < -0.4 is 15.0 Å². The van der Waals surface area contributed by atoms with Gasteiger partial charge in [0.15, 0.2) is 11.5 Å². The van der Waals surface area contributed by atoms with Gasteiger partial charge in [0.05, 0.1) is 12.1 Å². The van der Waals surface area contributed by atoms with E-state index in [0.717, 1.165) is 5.56 Å². The van der Waals surface area contributed by atoms with Gasteiger partial charge < -0.3 is 14.3 Å². The van der Waals surface area contributed by atoms with Gasteiger partial charge in [-0.1, -0.05) is 17.7 Å². The SMILES string of the molecule is CONCc1ccc(Cl)c2c1OCCO2. The van der Waals surface area contributed by atoms with E-state index in [1.54, 1.807) is 13.2 Å². The molecule has 4 nitrogen and oxygen atoms in total. The molecule has 0 spiro atoms. The van der Waals surface area contributed by atoms with Gasteiger partial charge in [0.1, 0.15) is 13.2 Å². The van der Waals surface area contributed by atoms with Crippen LogP contribution in [0.15, 0.2) is 12.1 Å². The topological polar surface area (TPSA) is 39.7 Å². The van der Waals surface area contributed by atoms with E-state index in [0.29, 0.717) is 36.3 Å². The second-order valence-electron chi connectivity index (χ2n) is 3.09. The summed E-state index contributed by atoms with van der Waals surface area (Å²) in [6.07, 6.45) is 0. The van der Waals surface area contributed by atoms with Crippen molar-refractivity contribution in [3.8, 4) is 11.5 Å². The fourth-order valence-electron chi connectivity index (χ4n) is 1.45. The maximum atomic E-state index is 5.99. The summed E-state index contributed by atoms with van der Waals surface area (Å²) >= 11 is 5.99. The van der Waals surface area contributed by atoms with E-state index >= 15 is 0 Å². The molecule has 5 heteroatoms. The molecule has 0 aromatic heterocycles.